The second-order valence-electron chi connectivity index (χ2n) is 5.44. The molecule has 1 aliphatic carbocycles. The van der Waals surface area contributed by atoms with Gasteiger partial charge < -0.3 is 15.3 Å². The maximum Gasteiger partial charge on any atom is 0.323 e. The Kier molecular flexibility index (Phi) is 6.09. The summed E-state index contributed by atoms with van der Waals surface area (Å²) in [5.41, 5.74) is -0.727. The highest BCUT2D eigenvalue weighted by Gasteiger charge is 2.35. The van der Waals surface area contributed by atoms with E-state index < -0.39 is 11.5 Å². The minimum absolute atomic E-state index is 0.642. The Morgan fingerprint density at radius 2 is 2.11 bits per heavy atom. The third kappa shape index (κ3) is 3.69. The summed E-state index contributed by atoms with van der Waals surface area (Å²) in [6.45, 7) is 5.63. The minimum Gasteiger partial charge on any atom is -0.480 e. The molecule has 1 rings (SSSR count). The molecule has 1 aliphatic rings. The van der Waals surface area contributed by atoms with Crippen LogP contribution in [0.5, 0.6) is 0 Å². The molecule has 1 unspecified atom stereocenters. The first-order valence-corrected chi connectivity index (χ1v) is 7.24. The van der Waals surface area contributed by atoms with E-state index in [0.29, 0.717) is 19.4 Å². The van der Waals surface area contributed by atoms with Crippen molar-refractivity contribution in [3.8, 4) is 0 Å². The quantitative estimate of drug-likeness (QED) is 0.663. The molecule has 0 bridgehead atoms. The zero-order valence-corrected chi connectivity index (χ0v) is 12.0. The summed E-state index contributed by atoms with van der Waals surface area (Å²) in [5.74, 6) is -0.710. The molecule has 0 aromatic heterocycles. The van der Waals surface area contributed by atoms with Crippen molar-refractivity contribution in [3.63, 3.8) is 0 Å². The van der Waals surface area contributed by atoms with E-state index in [1.54, 1.807) is 0 Å². The molecule has 4 nitrogen and oxygen atoms in total. The average Bonchev–Trinajstić information content (AvgIpc) is 2.25. The lowest BCUT2D eigenvalue weighted by molar-refractivity contribution is -0.145. The van der Waals surface area contributed by atoms with Crippen molar-refractivity contribution in [1.29, 1.82) is 0 Å². The predicted octanol–water partition coefficient (Wildman–Crippen LogP) is 2.09. The molecule has 0 aromatic carbocycles. The second-order valence-corrected chi connectivity index (χ2v) is 5.44. The summed E-state index contributed by atoms with van der Waals surface area (Å²) < 4.78 is 0. The number of carboxylic acids is 1. The molecule has 106 valence electrons. The number of nitrogens with one attached hydrogen (secondary N) is 1. The summed E-state index contributed by atoms with van der Waals surface area (Å²) in [4.78, 5) is 13.8. The molecule has 0 amide bonds. The number of carbonyl (C=O) groups is 1. The van der Waals surface area contributed by atoms with E-state index in [9.17, 15) is 9.90 Å². The van der Waals surface area contributed by atoms with Crippen molar-refractivity contribution in [1.82, 2.24) is 10.2 Å². The summed E-state index contributed by atoms with van der Waals surface area (Å²) in [7, 11) is 2.16. The number of carboxylic acid groups (broad SMARTS) is 1. The van der Waals surface area contributed by atoms with E-state index in [-0.39, 0.29) is 0 Å². The predicted molar refractivity (Wildman–Crippen MR) is 73.8 cm³/mol. The van der Waals surface area contributed by atoms with Crippen LogP contribution in [0.3, 0.4) is 0 Å². The topological polar surface area (TPSA) is 52.6 Å². The molecule has 2 N–H and O–H groups in total. The third-order valence-corrected chi connectivity index (χ3v) is 4.34. The van der Waals surface area contributed by atoms with Gasteiger partial charge >= 0.3 is 5.97 Å². The maximum atomic E-state index is 11.4. The molecule has 1 saturated carbocycles. The van der Waals surface area contributed by atoms with Gasteiger partial charge in [-0.05, 0) is 52.2 Å². The number of likely N-dealkylation sites (N-methyl/N-ethyl adjacent to an activating group) is 1. The largest absolute Gasteiger partial charge is 0.480 e. The molecule has 0 heterocycles. The number of hydrogen-bond donors (Lipinski definition) is 2. The van der Waals surface area contributed by atoms with Crippen LogP contribution in [-0.2, 0) is 4.79 Å². The molecule has 0 aliphatic heterocycles. The molecule has 4 heteroatoms. The van der Waals surface area contributed by atoms with Crippen LogP contribution in [0.4, 0.5) is 0 Å². The summed E-state index contributed by atoms with van der Waals surface area (Å²) in [6.07, 6.45) is 6.26. The van der Waals surface area contributed by atoms with Gasteiger partial charge in [0.05, 0.1) is 0 Å². The second kappa shape index (κ2) is 7.10. The van der Waals surface area contributed by atoms with Gasteiger partial charge in [-0.15, -0.1) is 0 Å². The van der Waals surface area contributed by atoms with E-state index in [2.05, 4.69) is 17.3 Å². The lowest BCUT2D eigenvalue weighted by atomic mass is 9.89. The van der Waals surface area contributed by atoms with Gasteiger partial charge in [0.25, 0.3) is 0 Å². The smallest absolute Gasteiger partial charge is 0.323 e. The van der Waals surface area contributed by atoms with Gasteiger partial charge in [-0.1, -0.05) is 20.3 Å². The van der Waals surface area contributed by atoms with Crippen molar-refractivity contribution in [2.24, 2.45) is 0 Å². The normalized spacial score (nSPS) is 19.6. The number of nitrogens with zero attached hydrogens (tertiary/aromatic N) is 1. The highest BCUT2D eigenvalue weighted by atomic mass is 16.4. The Balaban J connectivity index is 2.38. The zero-order valence-electron chi connectivity index (χ0n) is 12.0. The molecule has 0 aromatic rings. The van der Waals surface area contributed by atoms with Crippen molar-refractivity contribution in [3.05, 3.63) is 0 Å². The zero-order chi connectivity index (χ0) is 13.6. The van der Waals surface area contributed by atoms with E-state index in [0.717, 1.165) is 19.0 Å². The monoisotopic (exact) mass is 256 g/mol. The maximum absolute atomic E-state index is 11.4. The Labute approximate surface area is 111 Å². The standard InChI is InChI=1S/C14H28N2O2/c1-4-14(13(17)18,15-5-2)10-7-11-16(3)12-8-6-9-12/h12,15H,4-11H2,1-3H3,(H,17,18). The van der Waals surface area contributed by atoms with Crippen LogP contribution >= 0.6 is 0 Å². The Hall–Kier alpha value is -0.610. The summed E-state index contributed by atoms with van der Waals surface area (Å²) in [5, 5.41) is 12.6. The Morgan fingerprint density at radius 1 is 1.44 bits per heavy atom. The minimum atomic E-state index is -0.727. The van der Waals surface area contributed by atoms with Gasteiger partial charge in [0.15, 0.2) is 0 Å². The van der Waals surface area contributed by atoms with Crippen LogP contribution in [0.1, 0.15) is 52.4 Å². The first kappa shape index (κ1) is 15.4. The molecule has 1 atom stereocenters. The van der Waals surface area contributed by atoms with Crippen LogP contribution in [-0.4, -0.2) is 47.7 Å². The fourth-order valence-corrected chi connectivity index (χ4v) is 2.70. The van der Waals surface area contributed by atoms with Gasteiger partial charge in [-0.25, -0.2) is 0 Å². The lowest BCUT2D eigenvalue weighted by Crippen LogP contribution is -2.52. The van der Waals surface area contributed by atoms with Crippen LogP contribution in [0.15, 0.2) is 0 Å². The molecule has 0 saturated heterocycles. The molecule has 0 radical (unpaired) electrons. The number of aliphatic carboxylic acids is 1. The van der Waals surface area contributed by atoms with Gasteiger partial charge in [-0.3, -0.25) is 4.79 Å². The average molecular weight is 256 g/mol. The first-order chi connectivity index (χ1) is 8.55. The molecule has 1 fully saturated rings. The lowest BCUT2D eigenvalue weighted by Gasteiger charge is -2.36. The fraction of sp³-hybridized carbons (Fsp3) is 0.929. The van der Waals surface area contributed by atoms with Gasteiger partial charge in [-0.2, -0.15) is 0 Å². The van der Waals surface area contributed by atoms with Crippen LogP contribution < -0.4 is 5.32 Å². The van der Waals surface area contributed by atoms with Crippen LogP contribution in [0.2, 0.25) is 0 Å². The fourth-order valence-electron chi connectivity index (χ4n) is 2.70. The first-order valence-electron chi connectivity index (χ1n) is 7.24. The van der Waals surface area contributed by atoms with Gasteiger partial charge in [0.2, 0.25) is 0 Å². The summed E-state index contributed by atoms with van der Waals surface area (Å²) in [6, 6.07) is 0.741. The van der Waals surface area contributed by atoms with Gasteiger partial charge in [0.1, 0.15) is 5.54 Å². The van der Waals surface area contributed by atoms with E-state index in [1.165, 1.54) is 19.3 Å². The van der Waals surface area contributed by atoms with Crippen molar-refractivity contribution in [2.45, 2.75) is 64.0 Å². The van der Waals surface area contributed by atoms with Crippen LogP contribution in [0, 0.1) is 0 Å². The number of hydrogen-bond acceptors (Lipinski definition) is 3. The van der Waals surface area contributed by atoms with Crippen molar-refractivity contribution in [2.75, 3.05) is 20.1 Å². The van der Waals surface area contributed by atoms with E-state index in [1.807, 2.05) is 13.8 Å². The highest BCUT2D eigenvalue weighted by Crippen LogP contribution is 2.24. The molecular formula is C14H28N2O2. The highest BCUT2D eigenvalue weighted by molar-refractivity contribution is 5.78. The van der Waals surface area contributed by atoms with E-state index >= 15 is 0 Å². The summed E-state index contributed by atoms with van der Waals surface area (Å²) >= 11 is 0. The molecule has 0 spiro atoms. The molecular weight excluding hydrogens is 228 g/mol. The van der Waals surface area contributed by atoms with Crippen LogP contribution in [0.25, 0.3) is 0 Å². The Bertz CT molecular complexity index is 267. The van der Waals surface area contributed by atoms with Crippen molar-refractivity contribution < 1.29 is 9.90 Å². The molecule has 18 heavy (non-hydrogen) atoms. The van der Waals surface area contributed by atoms with E-state index in [4.69, 9.17) is 0 Å². The SMILES string of the molecule is CCNC(CC)(CCCN(C)C1CCC1)C(=O)O. The third-order valence-electron chi connectivity index (χ3n) is 4.34. The number of rotatable bonds is 9. The Morgan fingerprint density at radius 3 is 2.50 bits per heavy atom. The van der Waals surface area contributed by atoms with Gasteiger partial charge in [0, 0.05) is 6.04 Å². The van der Waals surface area contributed by atoms with Crippen molar-refractivity contribution >= 4 is 5.97 Å².